The number of pyridine rings is 1. The molecular weight excluding hydrogens is 226 g/mol. The summed E-state index contributed by atoms with van der Waals surface area (Å²) in [7, 11) is 0. The highest BCUT2D eigenvalue weighted by Crippen LogP contribution is 2.20. The van der Waals surface area contributed by atoms with E-state index in [0.29, 0.717) is 11.5 Å². The van der Waals surface area contributed by atoms with Gasteiger partial charge in [-0.2, -0.15) is 0 Å². The van der Waals surface area contributed by atoms with Gasteiger partial charge in [0.25, 0.3) is 5.56 Å². The SMILES string of the molecule is CC(=O)Cc1cc2cc(C(C)C)ccc2[nH]c1=O. The fourth-order valence-electron chi connectivity index (χ4n) is 2.03. The number of nitrogens with one attached hydrogen (secondary N) is 1. The van der Waals surface area contributed by atoms with Crippen molar-refractivity contribution in [2.45, 2.75) is 33.1 Å². The van der Waals surface area contributed by atoms with Crippen LogP contribution in [0.15, 0.2) is 29.1 Å². The van der Waals surface area contributed by atoms with Crippen molar-refractivity contribution in [2.75, 3.05) is 0 Å². The summed E-state index contributed by atoms with van der Waals surface area (Å²) in [6.45, 7) is 5.75. The van der Waals surface area contributed by atoms with Gasteiger partial charge in [-0.15, -0.1) is 0 Å². The van der Waals surface area contributed by atoms with E-state index in [1.54, 1.807) is 0 Å². The molecule has 0 aliphatic heterocycles. The van der Waals surface area contributed by atoms with Crippen molar-refractivity contribution >= 4 is 16.7 Å². The van der Waals surface area contributed by atoms with Gasteiger partial charge >= 0.3 is 0 Å². The summed E-state index contributed by atoms with van der Waals surface area (Å²) in [4.78, 5) is 25.7. The van der Waals surface area contributed by atoms with Gasteiger partial charge in [-0.3, -0.25) is 9.59 Å². The maximum atomic E-state index is 11.8. The molecule has 3 nitrogen and oxygen atoms in total. The molecule has 0 fully saturated rings. The molecule has 3 heteroatoms. The molecule has 0 atom stereocenters. The number of carbonyl (C=O) groups is 1. The van der Waals surface area contributed by atoms with Crippen LogP contribution in [0.1, 0.15) is 37.8 Å². The molecule has 94 valence electrons. The molecule has 0 bridgehead atoms. The monoisotopic (exact) mass is 243 g/mol. The van der Waals surface area contributed by atoms with E-state index in [4.69, 9.17) is 0 Å². The van der Waals surface area contributed by atoms with Crippen molar-refractivity contribution in [3.05, 3.63) is 45.7 Å². The van der Waals surface area contributed by atoms with E-state index in [9.17, 15) is 9.59 Å². The predicted molar refractivity (Wildman–Crippen MR) is 73.0 cm³/mol. The average molecular weight is 243 g/mol. The smallest absolute Gasteiger partial charge is 0.252 e. The summed E-state index contributed by atoms with van der Waals surface area (Å²) in [5, 5.41) is 0.983. The number of fused-ring (bicyclic) bond motifs is 1. The van der Waals surface area contributed by atoms with Gasteiger partial charge < -0.3 is 4.98 Å². The molecule has 0 aliphatic rings. The van der Waals surface area contributed by atoms with Crippen molar-refractivity contribution < 1.29 is 4.79 Å². The number of carbonyl (C=O) groups excluding carboxylic acids is 1. The standard InChI is InChI=1S/C15H17NO2/c1-9(2)11-4-5-14-12(7-11)8-13(6-10(3)17)15(18)16-14/h4-5,7-9H,6H2,1-3H3,(H,16,18). The molecular formula is C15H17NO2. The zero-order chi connectivity index (χ0) is 13.3. The summed E-state index contributed by atoms with van der Waals surface area (Å²) in [6.07, 6.45) is 0.192. The highest BCUT2D eigenvalue weighted by atomic mass is 16.1. The molecule has 1 aromatic carbocycles. The van der Waals surface area contributed by atoms with Crippen LogP contribution in [-0.4, -0.2) is 10.8 Å². The second-order valence-electron chi connectivity index (χ2n) is 5.00. The first-order valence-corrected chi connectivity index (χ1v) is 6.12. The first kappa shape index (κ1) is 12.6. The third-order valence-corrected chi connectivity index (χ3v) is 3.05. The second kappa shape index (κ2) is 4.77. The maximum Gasteiger partial charge on any atom is 0.252 e. The number of Topliss-reactive ketones (excluding diaryl/α,β-unsaturated/α-hetero) is 1. The normalized spacial score (nSPS) is 11.1. The molecule has 0 aliphatic carbocycles. The number of rotatable bonds is 3. The maximum absolute atomic E-state index is 11.8. The molecule has 2 aromatic rings. The zero-order valence-corrected chi connectivity index (χ0v) is 10.9. The van der Waals surface area contributed by atoms with E-state index in [1.807, 2.05) is 18.2 Å². The van der Waals surface area contributed by atoms with Crippen LogP contribution >= 0.6 is 0 Å². The van der Waals surface area contributed by atoms with Gasteiger partial charge in [0.2, 0.25) is 0 Å². The van der Waals surface area contributed by atoms with Gasteiger partial charge in [-0.25, -0.2) is 0 Å². The van der Waals surface area contributed by atoms with E-state index in [1.165, 1.54) is 12.5 Å². The number of H-pyrrole nitrogens is 1. The van der Waals surface area contributed by atoms with Crippen LogP contribution in [0.4, 0.5) is 0 Å². The molecule has 0 amide bonds. The lowest BCUT2D eigenvalue weighted by Crippen LogP contribution is -2.15. The highest BCUT2D eigenvalue weighted by Gasteiger charge is 2.07. The Labute approximate surface area is 106 Å². The summed E-state index contributed by atoms with van der Waals surface area (Å²) >= 11 is 0. The summed E-state index contributed by atoms with van der Waals surface area (Å²) in [5.74, 6) is 0.442. The topological polar surface area (TPSA) is 49.9 Å². The molecule has 0 radical (unpaired) electrons. The Bertz CT molecular complexity index is 653. The van der Waals surface area contributed by atoms with Gasteiger partial charge in [0.1, 0.15) is 5.78 Å². The van der Waals surface area contributed by atoms with Crippen LogP contribution in [-0.2, 0) is 11.2 Å². The average Bonchev–Trinajstić information content (AvgIpc) is 2.28. The largest absolute Gasteiger partial charge is 0.322 e. The van der Waals surface area contributed by atoms with Crippen LogP contribution in [0, 0.1) is 0 Å². The lowest BCUT2D eigenvalue weighted by molar-refractivity contribution is -0.116. The molecule has 1 aromatic heterocycles. The Balaban J connectivity index is 2.59. The van der Waals surface area contributed by atoms with Crippen LogP contribution in [0.2, 0.25) is 0 Å². The van der Waals surface area contributed by atoms with Crippen molar-refractivity contribution in [2.24, 2.45) is 0 Å². The van der Waals surface area contributed by atoms with E-state index in [-0.39, 0.29) is 17.8 Å². The van der Waals surface area contributed by atoms with Crippen molar-refractivity contribution in [3.63, 3.8) is 0 Å². The zero-order valence-electron chi connectivity index (χ0n) is 10.9. The lowest BCUT2D eigenvalue weighted by atomic mass is 10.00. The molecule has 0 saturated heterocycles. The molecule has 2 rings (SSSR count). The van der Waals surface area contributed by atoms with Crippen LogP contribution in [0.5, 0.6) is 0 Å². The number of hydrogen-bond donors (Lipinski definition) is 1. The minimum absolute atomic E-state index is 0.000126. The van der Waals surface area contributed by atoms with Crippen molar-refractivity contribution in [1.82, 2.24) is 4.98 Å². The molecule has 0 saturated carbocycles. The first-order chi connectivity index (χ1) is 8.47. The van der Waals surface area contributed by atoms with Gasteiger partial charge in [0.15, 0.2) is 0 Å². The lowest BCUT2D eigenvalue weighted by Gasteiger charge is -2.07. The van der Waals surface area contributed by atoms with Crippen LogP contribution < -0.4 is 5.56 Å². The summed E-state index contributed by atoms with van der Waals surface area (Å²) < 4.78 is 0. The quantitative estimate of drug-likeness (QED) is 0.901. The number of hydrogen-bond acceptors (Lipinski definition) is 2. The van der Waals surface area contributed by atoms with Crippen LogP contribution in [0.3, 0.4) is 0 Å². The molecule has 18 heavy (non-hydrogen) atoms. The predicted octanol–water partition coefficient (Wildman–Crippen LogP) is 2.78. The summed E-state index contributed by atoms with van der Waals surface area (Å²) in [6, 6.07) is 7.83. The molecule has 0 spiro atoms. The number of ketones is 1. The second-order valence-corrected chi connectivity index (χ2v) is 5.00. The Morgan fingerprint density at radius 2 is 2.00 bits per heavy atom. The first-order valence-electron chi connectivity index (χ1n) is 6.12. The Hall–Kier alpha value is -1.90. The molecule has 1 N–H and O–H groups in total. The van der Waals surface area contributed by atoms with E-state index in [2.05, 4.69) is 24.9 Å². The molecule has 0 unspecified atom stereocenters. The third-order valence-electron chi connectivity index (χ3n) is 3.05. The van der Waals surface area contributed by atoms with Gasteiger partial charge in [0.05, 0.1) is 0 Å². The Morgan fingerprint density at radius 1 is 1.28 bits per heavy atom. The fourth-order valence-corrected chi connectivity index (χ4v) is 2.03. The van der Waals surface area contributed by atoms with Crippen molar-refractivity contribution in [1.29, 1.82) is 0 Å². The van der Waals surface area contributed by atoms with Crippen LogP contribution in [0.25, 0.3) is 10.9 Å². The number of aromatic amines is 1. The number of benzene rings is 1. The van der Waals surface area contributed by atoms with Gasteiger partial charge in [0, 0.05) is 17.5 Å². The van der Waals surface area contributed by atoms with Gasteiger partial charge in [-0.05, 0) is 42.0 Å². The summed E-state index contributed by atoms with van der Waals surface area (Å²) in [5.41, 5.74) is 2.41. The molecule has 1 heterocycles. The number of aromatic nitrogens is 1. The van der Waals surface area contributed by atoms with Gasteiger partial charge in [-0.1, -0.05) is 19.9 Å². The fraction of sp³-hybridized carbons (Fsp3) is 0.333. The van der Waals surface area contributed by atoms with E-state index >= 15 is 0 Å². The van der Waals surface area contributed by atoms with E-state index < -0.39 is 0 Å². The third kappa shape index (κ3) is 2.50. The Morgan fingerprint density at radius 3 is 2.61 bits per heavy atom. The highest BCUT2D eigenvalue weighted by molar-refractivity contribution is 5.83. The minimum Gasteiger partial charge on any atom is -0.322 e. The Kier molecular flexibility index (Phi) is 3.32. The van der Waals surface area contributed by atoms with E-state index in [0.717, 1.165) is 10.9 Å². The van der Waals surface area contributed by atoms with Crippen molar-refractivity contribution in [3.8, 4) is 0 Å². The minimum atomic E-state index is -0.171.